The molecule has 0 N–H and O–H groups in total. The zero-order valence-corrected chi connectivity index (χ0v) is 17.8. The van der Waals surface area contributed by atoms with Gasteiger partial charge >= 0.3 is 6.43 Å². The number of aromatic nitrogens is 2. The topological polar surface area (TPSA) is 62.5 Å². The second-order valence-electron chi connectivity index (χ2n) is 8.05. The fourth-order valence-electron chi connectivity index (χ4n) is 3.74. The molecule has 3 aromatic rings. The Bertz CT molecular complexity index is 1110. The summed E-state index contributed by atoms with van der Waals surface area (Å²) < 4.78 is 60.8. The quantitative estimate of drug-likeness (QED) is 0.494. The van der Waals surface area contributed by atoms with Crippen molar-refractivity contribution in [3.8, 4) is 11.5 Å². The normalized spacial score (nSPS) is 16.2. The van der Waals surface area contributed by atoms with E-state index in [1.165, 1.54) is 17.0 Å². The molecule has 0 aliphatic carbocycles. The number of carbonyl (C=O) groups is 1. The van der Waals surface area contributed by atoms with Gasteiger partial charge in [0.1, 0.15) is 5.82 Å². The predicted octanol–water partition coefficient (Wildman–Crippen LogP) is 4.78. The van der Waals surface area contributed by atoms with Crippen molar-refractivity contribution in [2.45, 2.75) is 31.5 Å². The highest BCUT2D eigenvalue weighted by Crippen LogP contribution is 2.32. The number of hydrogen-bond donors (Lipinski definition) is 0. The minimum absolute atomic E-state index is 0.0523. The fraction of sp³-hybridized carbons (Fsp3) is 0.348. The molecule has 1 fully saturated rings. The molecular weight excluding hydrogens is 440 g/mol. The number of amides is 1. The van der Waals surface area contributed by atoms with E-state index < -0.39 is 29.7 Å². The first kappa shape index (κ1) is 22.9. The predicted molar refractivity (Wildman–Crippen MR) is 113 cm³/mol. The summed E-state index contributed by atoms with van der Waals surface area (Å²) in [7, 11) is 1.86. The van der Waals surface area contributed by atoms with Crippen LogP contribution in [0.1, 0.15) is 30.7 Å². The number of piperidine rings is 1. The Hall–Kier alpha value is -3.27. The minimum atomic E-state index is -2.94. The summed E-state index contributed by atoms with van der Waals surface area (Å²) in [4.78, 5) is 16.5. The lowest BCUT2D eigenvalue weighted by atomic mass is 9.91. The molecule has 0 atom stereocenters. The van der Waals surface area contributed by atoms with Gasteiger partial charge in [-0.25, -0.2) is 8.78 Å². The number of anilines is 1. The second-order valence-corrected chi connectivity index (χ2v) is 8.05. The van der Waals surface area contributed by atoms with Crippen molar-refractivity contribution in [2.75, 3.05) is 25.0 Å². The van der Waals surface area contributed by atoms with Crippen LogP contribution in [0, 0.1) is 5.82 Å². The first-order valence-electron chi connectivity index (χ1n) is 10.4. The standard InChI is InChI=1S/C23H22F4N4O2/c1-30-11-9-23(27,10-12-30)22(32)31(17-5-3-2-4-6-17)14-16-8-7-15(13-18(16)24)20-28-29-21(33-20)19(25)26/h2-8,13,19H,9-12,14H2,1H3. The van der Waals surface area contributed by atoms with Gasteiger partial charge in [-0.15, -0.1) is 10.2 Å². The van der Waals surface area contributed by atoms with Crippen molar-refractivity contribution in [1.82, 2.24) is 15.1 Å². The Morgan fingerprint density at radius 3 is 2.45 bits per heavy atom. The van der Waals surface area contributed by atoms with E-state index in [4.69, 9.17) is 4.42 Å². The summed E-state index contributed by atoms with van der Waals surface area (Å²) in [6.45, 7) is 0.681. The van der Waals surface area contributed by atoms with Crippen molar-refractivity contribution in [3.05, 3.63) is 65.8 Å². The summed E-state index contributed by atoms with van der Waals surface area (Å²) in [5, 5.41) is 6.74. The summed E-state index contributed by atoms with van der Waals surface area (Å²) >= 11 is 0. The summed E-state index contributed by atoms with van der Waals surface area (Å²) in [5.41, 5.74) is -1.36. The van der Waals surface area contributed by atoms with Gasteiger partial charge in [0.2, 0.25) is 5.89 Å². The average molecular weight is 462 g/mol. The molecule has 10 heteroatoms. The molecule has 1 saturated heterocycles. The molecule has 0 radical (unpaired) electrons. The van der Waals surface area contributed by atoms with Crippen LogP contribution in [0.3, 0.4) is 0 Å². The molecule has 33 heavy (non-hydrogen) atoms. The maximum absolute atomic E-state index is 15.6. The third-order valence-corrected chi connectivity index (χ3v) is 5.73. The fourth-order valence-corrected chi connectivity index (χ4v) is 3.74. The Kier molecular flexibility index (Phi) is 6.46. The SMILES string of the molecule is CN1CCC(F)(C(=O)N(Cc2ccc(-c3nnc(C(F)F)o3)cc2F)c2ccccc2)CC1. The van der Waals surface area contributed by atoms with E-state index in [0.29, 0.717) is 18.8 Å². The van der Waals surface area contributed by atoms with E-state index in [9.17, 15) is 18.0 Å². The molecule has 1 aliphatic heterocycles. The number of carbonyl (C=O) groups excluding carboxylic acids is 1. The van der Waals surface area contributed by atoms with Crippen molar-refractivity contribution < 1.29 is 26.8 Å². The highest BCUT2D eigenvalue weighted by molar-refractivity contribution is 5.99. The Morgan fingerprint density at radius 2 is 1.85 bits per heavy atom. The van der Waals surface area contributed by atoms with Crippen LogP contribution in [-0.4, -0.2) is 46.8 Å². The largest absolute Gasteiger partial charge is 0.415 e. The molecule has 1 amide bonds. The molecule has 4 rings (SSSR count). The molecule has 6 nitrogen and oxygen atoms in total. The van der Waals surface area contributed by atoms with Gasteiger partial charge in [-0.05, 0) is 31.3 Å². The lowest BCUT2D eigenvalue weighted by Gasteiger charge is -2.37. The van der Waals surface area contributed by atoms with Crippen LogP contribution >= 0.6 is 0 Å². The first-order chi connectivity index (χ1) is 15.8. The maximum atomic E-state index is 15.6. The van der Waals surface area contributed by atoms with E-state index in [0.717, 1.165) is 6.07 Å². The molecular formula is C23H22F4N4O2. The molecule has 0 spiro atoms. The molecule has 0 unspecified atom stereocenters. The lowest BCUT2D eigenvalue weighted by molar-refractivity contribution is -0.133. The molecule has 0 bridgehead atoms. The average Bonchev–Trinajstić information content (AvgIpc) is 3.31. The monoisotopic (exact) mass is 462 g/mol. The molecule has 2 aromatic carbocycles. The van der Waals surface area contributed by atoms with E-state index >= 15 is 4.39 Å². The maximum Gasteiger partial charge on any atom is 0.314 e. The van der Waals surface area contributed by atoms with E-state index in [1.54, 1.807) is 30.3 Å². The van der Waals surface area contributed by atoms with Crippen LogP contribution < -0.4 is 4.90 Å². The smallest absolute Gasteiger partial charge is 0.314 e. The highest BCUT2D eigenvalue weighted by Gasteiger charge is 2.44. The van der Waals surface area contributed by atoms with Crippen molar-refractivity contribution in [1.29, 1.82) is 0 Å². The number of likely N-dealkylation sites (tertiary alicyclic amines) is 1. The number of alkyl halides is 3. The van der Waals surface area contributed by atoms with Crippen LogP contribution in [0.5, 0.6) is 0 Å². The molecule has 1 aromatic heterocycles. The number of nitrogens with zero attached hydrogens (tertiary/aromatic N) is 4. The highest BCUT2D eigenvalue weighted by atomic mass is 19.3. The minimum Gasteiger partial charge on any atom is -0.415 e. The summed E-state index contributed by atoms with van der Waals surface area (Å²) in [6.07, 6.45) is -2.83. The van der Waals surface area contributed by atoms with E-state index in [2.05, 4.69) is 10.2 Å². The van der Waals surface area contributed by atoms with Gasteiger partial charge in [-0.2, -0.15) is 8.78 Å². The summed E-state index contributed by atoms with van der Waals surface area (Å²) in [6, 6.07) is 12.4. The van der Waals surface area contributed by atoms with E-state index in [1.807, 2.05) is 11.9 Å². The van der Waals surface area contributed by atoms with Gasteiger partial charge in [0.05, 0.1) is 6.54 Å². The van der Waals surface area contributed by atoms with Crippen LogP contribution in [0.2, 0.25) is 0 Å². The molecule has 1 aliphatic rings. The van der Waals surface area contributed by atoms with Crippen molar-refractivity contribution >= 4 is 11.6 Å². The molecule has 2 heterocycles. The third-order valence-electron chi connectivity index (χ3n) is 5.73. The van der Waals surface area contributed by atoms with Crippen LogP contribution in [-0.2, 0) is 11.3 Å². The first-order valence-corrected chi connectivity index (χ1v) is 10.4. The summed E-state index contributed by atoms with van der Waals surface area (Å²) in [5.74, 6) is -2.54. The molecule has 174 valence electrons. The number of halogens is 4. The van der Waals surface area contributed by atoms with Gasteiger partial charge in [0.25, 0.3) is 11.8 Å². The number of para-hydroxylation sites is 1. The van der Waals surface area contributed by atoms with E-state index in [-0.39, 0.29) is 36.4 Å². The van der Waals surface area contributed by atoms with Crippen LogP contribution in [0.15, 0.2) is 52.9 Å². The van der Waals surface area contributed by atoms with Gasteiger partial charge in [-0.1, -0.05) is 24.3 Å². The van der Waals surface area contributed by atoms with Gasteiger partial charge in [0.15, 0.2) is 5.67 Å². The lowest BCUT2D eigenvalue weighted by Crippen LogP contribution is -2.51. The van der Waals surface area contributed by atoms with Gasteiger partial charge in [-0.3, -0.25) is 4.79 Å². The van der Waals surface area contributed by atoms with Crippen LogP contribution in [0.4, 0.5) is 23.2 Å². The Morgan fingerprint density at radius 1 is 1.15 bits per heavy atom. The van der Waals surface area contributed by atoms with Crippen molar-refractivity contribution in [2.24, 2.45) is 0 Å². The van der Waals surface area contributed by atoms with Crippen molar-refractivity contribution in [3.63, 3.8) is 0 Å². The second kappa shape index (κ2) is 9.30. The Labute approximate surface area is 187 Å². The molecule has 0 saturated carbocycles. The zero-order valence-electron chi connectivity index (χ0n) is 17.8. The number of benzene rings is 2. The number of hydrogen-bond acceptors (Lipinski definition) is 5. The number of rotatable bonds is 6. The van der Waals surface area contributed by atoms with Gasteiger partial charge in [0, 0.05) is 42.7 Å². The zero-order chi connectivity index (χ0) is 23.6. The van der Waals surface area contributed by atoms with Gasteiger partial charge < -0.3 is 14.2 Å². The Balaban J connectivity index is 1.62. The van der Waals surface area contributed by atoms with Crippen LogP contribution in [0.25, 0.3) is 11.5 Å². The third kappa shape index (κ3) is 4.90.